The lowest BCUT2D eigenvalue weighted by Crippen LogP contribution is -2.33. The minimum absolute atomic E-state index is 0.0580. The average molecular weight is 362 g/mol. The van der Waals surface area contributed by atoms with Gasteiger partial charge in [0.25, 0.3) is 5.56 Å². The van der Waals surface area contributed by atoms with Gasteiger partial charge in [0.15, 0.2) is 0 Å². The molecule has 0 radical (unpaired) electrons. The number of rotatable bonds is 4. The number of fused-ring (bicyclic) bond motifs is 1. The van der Waals surface area contributed by atoms with Gasteiger partial charge in [-0.2, -0.15) is 0 Å². The van der Waals surface area contributed by atoms with E-state index in [4.69, 9.17) is 0 Å². The Morgan fingerprint density at radius 3 is 2.78 bits per heavy atom. The topological polar surface area (TPSA) is 68.1 Å². The van der Waals surface area contributed by atoms with Crippen LogP contribution in [0.1, 0.15) is 36.4 Å². The normalized spacial score (nSPS) is 16.8. The maximum absolute atomic E-state index is 12.9. The van der Waals surface area contributed by atoms with E-state index in [1.807, 2.05) is 23.1 Å². The molecule has 6 nitrogen and oxygen atoms in total. The van der Waals surface area contributed by atoms with E-state index in [1.54, 1.807) is 18.2 Å². The van der Waals surface area contributed by atoms with Crippen LogP contribution in [0.2, 0.25) is 0 Å². The Kier molecular flexibility index (Phi) is 4.71. The molecule has 1 aromatic heterocycles. The molecule has 0 saturated carbocycles. The average Bonchev–Trinajstić information content (AvgIpc) is 3.17. The Morgan fingerprint density at radius 2 is 1.93 bits per heavy atom. The van der Waals surface area contributed by atoms with Crippen molar-refractivity contribution < 1.29 is 4.79 Å². The number of carbonyl (C=O) groups excluding carboxylic acids is 1. The van der Waals surface area contributed by atoms with Crippen LogP contribution in [0.5, 0.6) is 0 Å². The second kappa shape index (κ2) is 7.31. The minimum atomic E-state index is -0.203. The molecule has 1 saturated heterocycles. The van der Waals surface area contributed by atoms with E-state index >= 15 is 0 Å². The summed E-state index contributed by atoms with van der Waals surface area (Å²) in [6.07, 6.45) is 2.22. The molecular weight excluding hydrogens is 340 g/mol. The lowest BCUT2D eigenvalue weighted by Gasteiger charge is -2.26. The van der Waals surface area contributed by atoms with Crippen molar-refractivity contribution >= 4 is 16.8 Å². The summed E-state index contributed by atoms with van der Waals surface area (Å²) >= 11 is 0. The van der Waals surface area contributed by atoms with Gasteiger partial charge < -0.3 is 4.90 Å². The predicted octanol–water partition coefficient (Wildman–Crippen LogP) is 2.85. The maximum atomic E-state index is 12.9. The zero-order chi connectivity index (χ0) is 18.8. The van der Waals surface area contributed by atoms with Gasteiger partial charge >= 0.3 is 0 Å². The van der Waals surface area contributed by atoms with E-state index in [0.29, 0.717) is 10.9 Å². The first kappa shape index (κ1) is 17.4. The summed E-state index contributed by atoms with van der Waals surface area (Å²) in [5.74, 6) is 0.0580. The van der Waals surface area contributed by atoms with Gasteiger partial charge in [-0.15, -0.1) is 5.10 Å². The molecule has 1 atom stereocenters. The molecule has 0 spiro atoms. The van der Waals surface area contributed by atoms with Crippen molar-refractivity contribution in [3.8, 4) is 0 Å². The van der Waals surface area contributed by atoms with Gasteiger partial charge in [-0.1, -0.05) is 41.6 Å². The van der Waals surface area contributed by atoms with Gasteiger partial charge in [0.2, 0.25) is 5.91 Å². The van der Waals surface area contributed by atoms with E-state index < -0.39 is 0 Å². The summed E-state index contributed by atoms with van der Waals surface area (Å²) in [4.78, 5) is 27.3. The SMILES string of the molecule is Cc1ccccc1[C@@H]1CCCN1C(=O)CCn1nnc2ccccc2c1=O. The van der Waals surface area contributed by atoms with Crippen molar-refractivity contribution in [3.63, 3.8) is 0 Å². The van der Waals surface area contributed by atoms with Crippen molar-refractivity contribution in [2.24, 2.45) is 0 Å². The summed E-state index contributed by atoms with van der Waals surface area (Å²) in [6, 6.07) is 15.5. The third-order valence-electron chi connectivity index (χ3n) is 5.29. The molecule has 27 heavy (non-hydrogen) atoms. The summed E-state index contributed by atoms with van der Waals surface area (Å²) in [6.45, 7) is 3.09. The molecule has 1 aliphatic rings. The van der Waals surface area contributed by atoms with Crippen molar-refractivity contribution in [2.75, 3.05) is 6.54 Å². The van der Waals surface area contributed by atoms with Crippen LogP contribution >= 0.6 is 0 Å². The first-order chi connectivity index (χ1) is 13.1. The van der Waals surface area contributed by atoms with Crippen LogP contribution in [-0.4, -0.2) is 32.3 Å². The van der Waals surface area contributed by atoms with Gasteiger partial charge in [0.05, 0.1) is 18.0 Å². The zero-order valence-corrected chi connectivity index (χ0v) is 15.3. The molecule has 2 heterocycles. The number of hydrogen-bond acceptors (Lipinski definition) is 4. The van der Waals surface area contributed by atoms with Crippen molar-refractivity contribution in [1.29, 1.82) is 0 Å². The molecule has 0 N–H and O–H groups in total. The lowest BCUT2D eigenvalue weighted by atomic mass is 9.99. The molecule has 138 valence electrons. The van der Waals surface area contributed by atoms with Gasteiger partial charge in [-0.3, -0.25) is 9.59 Å². The number of hydrogen-bond donors (Lipinski definition) is 0. The highest BCUT2D eigenvalue weighted by atomic mass is 16.2. The maximum Gasteiger partial charge on any atom is 0.277 e. The fraction of sp³-hybridized carbons (Fsp3) is 0.333. The van der Waals surface area contributed by atoms with E-state index in [-0.39, 0.29) is 30.5 Å². The Labute approximate surface area is 157 Å². The van der Waals surface area contributed by atoms with Gasteiger partial charge in [0, 0.05) is 13.0 Å². The monoisotopic (exact) mass is 362 g/mol. The van der Waals surface area contributed by atoms with Gasteiger partial charge in [-0.05, 0) is 43.0 Å². The third kappa shape index (κ3) is 3.35. The highest BCUT2D eigenvalue weighted by molar-refractivity contribution is 5.78. The fourth-order valence-corrected chi connectivity index (χ4v) is 3.86. The van der Waals surface area contributed by atoms with E-state index in [2.05, 4.69) is 29.4 Å². The molecule has 3 aromatic rings. The van der Waals surface area contributed by atoms with Crippen LogP contribution in [-0.2, 0) is 11.3 Å². The molecule has 1 aliphatic heterocycles. The predicted molar refractivity (Wildman–Crippen MR) is 103 cm³/mol. The molecule has 0 unspecified atom stereocenters. The number of nitrogens with zero attached hydrogens (tertiary/aromatic N) is 4. The minimum Gasteiger partial charge on any atom is -0.336 e. The highest BCUT2D eigenvalue weighted by Gasteiger charge is 2.30. The smallest absolute Gasteiger partial charge is 0.277 e. The van der Waals surface area contributed by atoms with Crippen LogP contribution in [0.25, 0.3) is 10.9 Å². The van der Waals surface area contributed by atoms with E-state index in [0.717, 1.165) is 19.4 Å². The van der Waals surface area contributed by atoms with Crippen molar-refractivity contribution in [3.05, 3.63) is 70.0 Å². The largest absolute Gasteiger partial charge is 0.336 e. The Hall–Kier alpha value is -3.02. The number of likely N-dealkylation sites (tertiary alicyclic amines) is 1. The van der Waals surface area contributed by atoms with Gasteiger partial charge in [0.1, 0.15) is 5.52 Å². The quantitative estimate of drug-likeness (QED) is 0.716. The number of benzene rings is 2. The molecule has 1 fully saturated rings. The highest BCUT2D eigenvalue weighted by Crippen LogP contribution is 2.33. The standard InChI is InChI=1S/C21H22N4O2/c1-15-7-2-3-8-16(15)19-11-6-13-24(19)20(26)12-14-25-21(27)17-9-4-5-10-18(17)22-23-25/h2-5,7-10,19H,6,11-14H2,1H3/t19-/m0/s1. The Morgan fingerprint density at radius 1 is 1.15 bits per heavy atom. The Balaban J connectivity index is 1.50. The summed E-state index contributed by atoms with van der Waals surface area (Å²) < 4.78 is 1.29. The van der Waals surface area contributed by atoms with Crippen LogP contribution in [0.3, 0.4) is 0 Å². The van der Waals surface area contributed by atoms with Crippen molar-refractivity contribution in [1.82, 2.24) is 19.9 Å². The second-order valence-electron chi connectivity index (χ2n) is 6.99. The summed E-state index contributed by atoms with van der Waals surface area (Å²) in [5.41, 5.74) is 2.79. The first-order valence-electron chi connectivity index (χ1n) is 9.32. The molecule has 2 aromatic carbocycles. The number of amides is 1. The van der Waals surface area contributed by atoms with Crippen LogP contribution in [0.4, 0.5) is 0 Å². The molecule has 0 aliphatic carbocycles. The molecular formula is C21H22N4O2. The van der Waals surface area contributed by atoms with E-state index in [1.165, 1.54) is 15.8 Å². The number of aryl methyl sites for hydroxylation is 2. The molecule has 4 rings (SSSR count). The van der Waals surface area contributed by atoms with E-state index in [9.17, 15) is 9.59 Å². The Bertz CT molecular complexity index is 1040. The van der Waals surface area contributed by atoms with Crippen LogP contribution in [0, 0.1) is 6.92 Å². The van der Waals surface area contributed by atoms with Gasteiger partial charge in [-0.25, -0.2) is 4.68 Å². The molecule has 0 bridgehead atoms. The second-order valence-corrected chi connectivity index (χ2v) is 6.99. The first-order valence-corrected chi connectivity index (χ1v) is 9.32. The lowest BCUT2D eigenvalue weighted by molar-refractivity contribution is -0.132. The number of carbonyl (C=O) groups is 1. The molecule has 1 amide bonds. The van der Waals surface area contributed by atoms with Crippen LogP contribution < -0.4 is 5.56 Å². The summed E-state index contributed by atoms with van der Waals surface area (Å²) in [7, 11) is 0. The van der Waals surface area contributed by atoms with Crippen molar-refractivity contribution in [2.45, 2.75) is 38.8 Å². The van der Waals surface area contributed by atoms with Crippen LogP contribution in [0.15, 0.2) is 53.3 Å². The molecule has 6 heteroatoms. The number of aromatic nitrogens is 3. The third-order valence-corrected chi connectivity index (χ3v) is 5.29. The fourth-order valence-electron chi connectivity index (χ4n) is 3.86. The zero-order valence-electron chi connectivity index (χ0n) is 15.3. The summed E-state index contributed by atoms with van der Waals surface area (Å²) in [5, 5.41) is 8.59.